The zero-order valence-corrected chi connectivity index (χ0v) is 15.7. The summed E-state index contributed by atoms with van der Waals surface area (Å²) in [7, 11) is 2.84. The number of benzene rings is 1. The number of nitrogens with zero attached hydrogens (tertiary/aromatic N) is 1. The van der Waals surface area contributed by atoms with Crippen LogP contribution >= 0.6 is 0 Å². The van der Waals surface area contributed by atoms with Gasteiger partial charge in [0.2, 0.25) is 0 Å². The largest absolute Gasteiger partial charge is 0.511 e. The summed E-state index contributed by atoms with van der Waals surface area (Å²) >= 11 is 0. The second kappa shape index (κ2) is 8.17. The van der Waals surface area contributed by atoms with Crippen LogP contribution in [0.15, 0.2) is 40.6 Å². The van der Waals surface area contributed by atoms with Gasteiger partial charge >= 0.3 is 5.97 Å². The molecule has 1 N–H and O–H groups in total. The number of aliphatic hydroxyl groups excluding tert-OH is 1. The van der Waals surface area contributed by atoms with E-state index in [4.69, 9.17) is 4.74 Å². The fourth-order valence-corrected chi connectivity index (χ4v) is 3.03. The Morgan fingerprint density at radius 3 is 2.54 bits per heavy atom. The Hall–Kier alpha value is -2.63. The second-order valence-electron chi connectivity index (χ2n) is 7.07. The number of ketones is 1. The lowest BCUT2D eigenvalue weighted by molar-refractivity contribution is -0.140. The third kappa shape index (κ3) is 4.71. The molecule has 0 unspecified atom stereocenters. The minimum absolute atomic E-state index is 0.00441. The fourth-order valence-electron chi connectivity index (χ4n) is 3.03. The van der Waals surface area contributed by atoms with Crippen LogP contribution in [-0.2, 0) is 14.3 Å². The van der Waals surface area contributed by atoms with Crippen molar-refractivity contribution in [3.05, 3.63) is 35.6 Å². The normalized spacial score (nSPS) is 20.0. The van der Waals surface area contributed by atoms with Crippen molar-refractivity contribution in [2.45, 2.75) is 39.5 Å². The van der Waals surface area contributed by atoms with E-state index in [1.165, 1.54) is 7.11 Å². The Bertz CT molecular complexity index is 761. The number of hydrogen-bond acceptors (Lipinski definition) is 6. The average molecular weight is 359 g/mol. The van der Waals surface area contributed by atoms with E-state index in [2.05, 4.69) is 9.73 Å². The third-order valence-electron chi connectivity index (χ3n) is 4.28. The maximum atomic E-state index is 12.7. The maximum absolute atomic E-state index is 12.7. The number of carbonyl (C=O) groups is 2. The topological polar surface area (TPSA) is 85.2 Å². The highest BCUT2D eigenvalue weighted by molar-refractivity contribution is 6.25. The standard InChI is InChI=1S/C20H25NO5/c1-20(2)11-14(21-13-7-5-6-8-17(13)25-3)19(16(23)12-20)15(22)9-10-18(24)26-4/h5-8,22H,9-12H2,1-4H3/b19-15-,21-14?. The van der Waals surface area contributed by atoms with Crippen molar-refractivity contribution >= 4 is 23.2 Å². The first kappa shape index (κ1) is 19.7. The number of aliphatic hydroxyl groups is 1. The minimum Gasteiger partial charge on any atom is -0.511 e. The molecule has 1 aromatic carbocycles. The Labute approximate surface area is 153 Å². The molecule has 0 aromatic heterocycles. The van der Waals surface area contributed by atoms with Crippen molar-refractivity contribution in [2.24, 2.45) is 10.4 Å². The lowest BCUT2D eigenvalue weighted by Crippen LogP contribution is -2.32. The summed E-state index contributed by atoms with van der Waals surface area (Å²) in [5.74, 6) is -0.144. The van der Waals surface area contributed by atoms with E-state index in [0.717, 1.165) is 0 Å². The first-order valence-corrected chi connectivity index (χ1v) is 8.50. The van der Waals surface area contributed by atoms with E-state index in [9.17, 15) is 14.7 Å². The highest BCUT2D eigenvalue weighted by atomic mass is 16.5. The summed E-state index contributed by atoms with van der Waals surface area (Å²) in [6, 6.07) is 7.25. The zero-order valence-electron chi connectivity index (χ0n) is 15.7. The molecule has 1 aromatic rings. The summed E-state index contributed by atoms with van der Waals surface area (Å²) in [4.78, 5) is 28.6. The zero-order chi connectivity index (χ0) is 19.3. The SMILES string of the molecule is COC(=O)CC/C(O)=C1/C(=O)CC(C)(C)CC1=Nc1ccccc1OC. The van der Waals surface area contributed by atoms with Crippen LogP contribution in [-0.4, -0.2) is 36.8 Å². The van der Waals surface area contributed by atoms with Crippen molar-refractivity contribution in [1.82, 2.24) is 0 Å². The van der Waals surface area contributed by atoms with Gasteiger partial charge in [0, 0.05) is 12.8 Å². The fraction of sp³-hybridized carbons (Fsp3) is 0.450. The van der Waals surface area contributed by atoms with Crippen molar-refractivity contribution in [3.8, 4) is 5.75 Å². The number of para-hydroxylation sites is 2. The summed E-state index contributed by atoms with van der Waals surface area (Å²) in [5.41, 5.74) is 1.05. The molecule has 0 saturated heterocycles. The van der Waals surface area contributed by atoms with Crippen LogP contribution in [0.5, 0.6) is 5.75 Å². The van der Waals surface area contributed by atoms with Crippen molar-refractivity contribution in [1.29, 1.82) is 0 Å². The van der Waals surface area contributed by atoms with Crippen LogP contribution in [0.2, 0.25) is 0 Å². The molecule has 0 amide bonds. The van der Waals surface area contributed by atoms with Crippen LogP contribution in [0, 0.1) is 5.41 Å². The molecule has 26 heavy (non-hydrogen) atoms. The quantitative estimate of drug-likeness (QED) is 0.489. The van der Waals surface area contributed by atoms with Gasteiger partial charge in [-0.15, -0.1) is 0 Å². The van der Waals surface area contributed by atoms with Gasteiger partial charge in [-0.1, -0.05) is 26.0 Å². The van der Waals surface area contributed by atoms with Crippen LogP contribution in [0.25, 0.3) is 0 Å². The van der Waals surface area contributed by atoms with Crippen molar-refractivity contribution < 1.29 is 24.2 Å². The Kier molecular flexibility index (Phi) is 6.18. The average Bonchev–Trinajstić information content (AvgIpc) is 2.58. The molecule has 0 atom stereocenters. The summed E-state index contributed by atoms with van der Waals surface area (Å²) < 4.78 is 9.92. The number of esters is 1. The van der Waals surface area contributed by atoms with Crippen molar-refractivity contribution in [2.75, 3.05) is 14.2 Å². The molecule has 0 aliphatic heterocycles. The number of Topliss-reactive ketones (excluding diaryl/α,β-unsaturated/α-hetero) is 1. The van der Waals surface area contributed by atoms with E-state index in [0.29, 0.717) is 30.0 Å². The first-order valence-electron chi connectivity index (χ1n) is 8.50. The van der Waals surface area contributed by atoms with Gasteiger partial charge in [0.25, 0.3) is 0 Å². The highest BCUT2D eigenvalue weighted by Crippen LogP contribution is 2.38. The minimum atomic E-state index is -0.441. The number of rotatable bonds is 5. The predicted molar refractivity (Wildman–Crippen MR) is 99.0 cm³/mol. The smallest absolute Gasteiger partial charge is 0.305 e. The molecule has 0 radical (unpaired) electrons. The molecule has 0 heterocycles. The van der Waals surface area contributed by atoms with Gasteiger partial charge in [0.1, 0.15) is 17.2 Å². The van der Waals surface area contributed by atoms with E-state index in [1.807, 2.05) is 26.0 Å². The van der Waals surface area contributed by atoms with Crippen molar-refractivity contribution in [3.63, 3.8) is 0 Å². The van der Waals surface area contributed by atoms with Crippen LogP contribution < -0.4 is 4.74 Å². The number of hydrogen-bond donors (Lipinski definition) is 1. The third-order valence-corrected chi connectivity index (χ3v) is 4.28. The van der Waals surface area contributed by atoms with Crippen LogP contribution in [0.1, 0.15) is 39.5 Å². The highest BCUT2D eigenvalue weighted by Gasteiger charge is 2.36. The summed E-state index contributed by atoms with van der Waals surface area (Å²) in [6.07, 6.45) is 0.896. The lowest BCUT2D eigenvalue weighted by atomic mass is 9.73. The molecule has 1 saturated carbocycles. The lowest BCUT2D eigenvalue weighted by Gasteiger charge is -2.31. The van der Waals surface area contributed by atoms with Gasteiger partial charge in [-0.3, -0.25) is 9.59 Å². The van der Waals surface area contributed by atoms with E-state index >= 15 is 0 Å². The van der Waals surface area contributed by atoms with E-state index in [1.54, 1.807) is 19.2 Å². The van der Waals surface area contributed by atoms with Gasteiger partial charge in [-0.2, -0.15) is 0 Å². The van der Waals surface area contributed by atoms with E-state index in [-0.39, 0.29) is 35.4 Å². The van der Waals surface area contributed by atoms with Crippen LogP contribution in [0.4, 0.5) is 5.69 Å². The molecule has 2 rings (SSSR count). The summed E-state index contributed by atoms with van der Waals surface area (Å²) in [6.45, 7) is 3.98. The van der Waals surface area contributed by atoms with Gasteiger partial charge in [0.15, 0.2) is 5.78 Å². The number of aliphatic imine (C=N–C) groups is 1. The Balaban J connectivity index is 2.47. The number of allylic oxidation sites excluding steroid dienone is 2. The second-order valence-corrected chi connectivity index (χ2v) is 7.07. The molecule has 1 aliphatic rings. The van der Waals surface area contributed by atoms with Gasteiger partial charge in [0.05, 0.1) is 31.9 Å². The number of carbonyl (C=O) groups excluding carboxylic acids is 2. The molecule has 140 valence electrons. The monoisotopic (exact) mass is 359 g/mol. The summed E-state index contributed by atoms with van der Waals surface area (Å²) in [5, 5.41) is 10.5. The van der Waals surface area contributed by atoms with E-state index < -0.39 is 5.97 Å². The first-order chi connectivity index (χ1) is 12.3. The Morgan fingerprint density at radius 1 is 1.19 bits per heavy atom. The molecular weight excluding hydrogens is 334 g/mol. The molecule has 1 fully saturated rings. The molecule has 0 spiro atoms. The van der Waals surface area contributed by atoms with Gasteiger partial charge in [-0.25, -0.2) is 4.99 Å². The number of methoxy groups -OCH3 is 2. The van der Waals surface area contributed by atoms with Gasteiger partial charge < -0.3 is 14.6 Å². The Morgan fingerprint density at radius 2 is 1.88 bits per heavy atom. The molecular formula is C20H25NO5. The predicted octanol–water partition coefficient (Wildman–Crippen LogP) is 3.92. The molecule has 1 aliphatic carbocycles. The molecule has 6 nitrogen and oxygen atoms in total. The molecule has 6 heteroatoms. The van der Waals surface area contributed by atoms with Crippen LogP contribution in [0.3, 0.4) is 0 Å². The van der Waals surface area contributed by atoms with Gasteiger partial charge in [-0.05, 0) is 24.0 Å². The molecule has 0 bridgehead atoms. The maximum Gasteiger partial charge on any atom is 0.305 e. The number of ether oxygens (including phenoxy) is 2.